The molecule has 21 heavy (non-hydrogen) atoms. The first-order valence-electron chi connectivity index (χ1n) is 6.62. The van der Waals surface area contributed by atoms with Crippen molar-refractivity contribution in [2.75, 3.05) is 18.4 Å². The number of carbonyl (C=O) groups is 2. The smallest absolute Gasteiger partial charge is 0.407 e. The zero-order chi connectivity index (χ0) is 15.9. The van der Waals surface area contributed by atoms with Crippen molar-refractivity contribution >= 4 is 17.8 Å². The number of anilines is 1. The summed E-state index contributed by atoms with van der Waals surface area (Å²) in [6, 6.07) is 3.12. The van der Waals surface area contributed by atoms with Crippen LogP contribution in [0, 0.1) is 0 Å². The number of aromatic nitrogens is 2. The highest BCUT2D eigenvalue weighted by Gasteiger charge is 2.15. The number of nitrogens with one attached hydrogen (secondary N) is 2. The van der Waals surface area contributed by atoms with E-state index in [1.807, 2.05) is 20.8 Å². The molecule has 1 aromatic rings. The van der Waals surface area contributed by atoms with E-state index in [4.69, 9.17) is 10.5 Å². The maximum atomic E-state index is 11.4. The van der Waals surface area contributed by atoms with Crippen molar-refractivity contribution in [2.45, 2.75) is 32.8 Å². The Hall–Kier alpha value is -2.38. The molecule has 0 spiro atoms. The Morgan fingerprint density at radius 1 is 1.24 bits per heavy atom. The first-order valence-corrected chi connectivity index (χ1v) is 6.62. The lowest BCUT2D eigenvalue weighted by atomic mass is 10.2. The van der Waals surface area contributed by atoms with Crippen LogP contribution < -0.4 is 16.4 Å². The summed E-state index contributed by atoms with van der Waals surface area (Å²) in [4.78, 5) is 22.2. The number of rotatable bonds is 6. The van der Waals surface area contributed by atoms with E-state index in [9.17, 15) is 9.59 Å². The summed E-state index contributed by atoms with van der Waals surface area (Å²) in [5.74, 6) is -0.0760. The molecule has 1 heterocycles. The Morgan fingerprint density at radius 3 is 2.48 bits per heavy atom. The number of nitrogens with zero attached hydrogens (tertiary/aromatic N) is 2. The fraction of sp³-hybridized carbons (Fsp3) is 0.538. The van der Waals surface area contributed by atoms with Crippen LogP contribution in [0.2, 0.25) is 0 Å². The van der Waals surface area contributed by atoms with Crippen LogP contribution in [0.5, 0.6) is 0 Å². The quantitative estimate of drug-likeness (QED) is 0.671. The molecule has 1 aromatic heterocycles. The van der Waals surface area contributed by atoms with Gasteiger partial charge in [0.05, 0.1) is 0 Å². The Morgan fingerprint density at radius 2 is 1.95 bits per heavy atom. The van der Waals surface area contributed by atoms with Gasteiger partial charge in [0, 0.05) is 13.1 Å². The molecule has 0 aromatic carbocycles. The number of carbonyl (C=O) groups excluding carboxylic acids is 2. The topological polar surface area (TPSA) is 119 Å². The molecule has 0 atom stereocenters. The molecule has 8 nitrogen and oxygen atoms in total. The largest absolute Gasteiger partial charge is 0.444 e. The minimum atomic E-state index is -0.615. The van der Waals surface area contributed by atoms with E-state index in [-0.39, 0.29) is 5.69 Å². The molecule has 0 aliphatic heterocycles. The van der Waals surface area contributed by atoms with Crippen LogP contribution in [0.1, 0.15) is 37.7 Å². The Bertz CT molecular complexity index is 482. The Balaban J connectivity index is 2.19. The Labute approximate surface area is 123 Å². The second-order valence-corrected chi connectivity index (χ2v) is 5.38. The summed E-state index contributed by atoms with van der Waals surface area (Å²) >= 11 is 0. The van der Waals surface area contributed by atoms with E-state index in [0.717, 1.165) is 0 Å². The van der Waals surface area contributed by atoms with E-state index >= 15 is 0 Å². The minimum Gasteiger partial charge on any atom is -0.444 e. The average Bonchev–Trinajstić information content (AvgIpc) is 2.36. The maximum absolute atomic E-state index is 11.4. The van der Waals surface area contributed by atoms with E-state index in [2.05, 4.69) is 20.8 Å². The van der Waals surface area contributed by atoms with Crippen molar-refractivity contribution in [1.82, 2.24) is 15.5 Å². The number of hydrogen-bond acceptors (Lipinski definition) is 6. The molecule has 0 radical (unpaired) electrons. The van der Waals surface area contributed by atoms with Crippen LogP contribution in [0.3, 0.4) is 0 Å². The third-order valence-corrected chi connectivity index (χ3v) is 2.24. The summed E-state index contributed by atoms with van der Waals surface area (Å²) in [6.07, 6.45) is 0.256. The lowest BCUT2D eigenvalue weighted by Crippen LogP contribution is -2.33. The van der Waals surface area contributed by atoms with E-state index in [0.29, 0.717) is 25.3 Å². The van der Waals surface area contributed by atoms with Crippen molar-refractivity contribution in [3.05, 3.63) is 17.8 Å². The van der Waals surface area contributed by atoms with Crippen LogP contribution in [0.4, 0.5) is 10.6 Å². The molecule has 2 amide bonds. The molecule has 0 saturated carbocycles. The highest BCUT2D eigenvalue weighted by molar-refractivity contribution is 5.90. The lowest BCUT2D eigenvalue weighted by molar-refractivity contribution is 0.0527. The molecule has 4 N–H and O–H groups in total. The van der Waals surface area contributed by atoms with Crippen LogP contribution in [0.15, 0.2) is 12.1 Å². The van der Waals surface area contributed by atoms with Gasteiger partial charge in [-0.25, -0.2) is 4.79 Å². The number of primary amides is 1. The average molecular weight is 295 g/mol. The lowest BCUT2D eigenvalue weighted by Gasteiger charge is -2.19. The fourth-order valence-electron chi connectivity index (χ4n) is 1.37. The van der Waals surface area contributed by atoms with Gasteiger partial charge >= 0.3 is 6.09 Å². The fourth-order valence-corrected chi connectivity index (χ4v) is 1.37. The molecule has 8 heteroatoms. The highest BCUT2D eigenvalue weighted by Crippen LogP contribution is 2.06. The molecule has 0 unspecified atom stereocenters. The number of alkyl carbamates (subject to hydrolysis) is 1. The van der Waals surface area contributed by atoms with Crippen LogP contribution in [-0.2, 0) is 4.74 Å². The van der Waals surface area contributed by atoms with Crippen LogP contribution in [-0.4, -0.2) is 40.9 Å². The number of amides is 2. The molecule has 0 fully saturated rings. The molecule has 0 aliphatic carbocycles. The van der Waals surface area contributed by atoms with E-state index in [1.165, 1.54) is 6.07 Å². The van der Waals surface area contributed by atoms with Crippen molar-refractivity contribution < 1.29 is 14.3 Å². The first-order chi connectivity index (χ1) is 9.78. The SMILES string of the molecule is CC(C)(C)OC(=O)NCCCNc1ccc(C(N)=O)nn1. The molecule has 1 rings (SSSR count). The highest BCUT2D eigenvalue weighted by atomic mass is 16.6. The van der Waals surface area contributed by atoms with Gasteiger partial charge in [0.15, 0.2) is 5.69 Å². The van der Waals surface area contributed by atoms with Gasteiger partial charge in [0.25, 0.3) is 5.91 Å². The van der Waals surface area contributed by atoms with Crippen molar-refractivity contribution in [2.24, 2.45) is 5.73 Å². The van der Waals surface area contributed by atoms with Gasteiger partial charge in [-0.05, 0) is 39.3 Å². The zero-order valence-electron chi connectivity index (χ0n) is 12.5. The predicted octanol–water partition coefficient (Wildman–Crippen LogP) is 0.902. The molecular formula is C13H21N5O3. The number of hydrogen-bond donors (Lipinski definition) is 3. The van der Waals surface area contributed by atoms with Crippen molar-refractivity contribution in [3.63, 3.8) is 0 Å². The third kappa shape index (κ3) is 7.09. The van der Waals surface area contributed by atoms with Crippen LogP contribution in [0.25, 0.3) is 0 Å². The van der Waals surface area contributed by atoms with Gasteiger partial charge in [0.1, 0.15) is 11.4 Å². The van der Waals surface area contributed by atoms with Gasteiger partial charge in [-0.1, -0.05) is 0 Å². The summed E-state index contributed by atoms with van der Waals surface area (Å²) < 4.78 is 5.10. The monoisotopic (exact) mass is 295 g/mol. The standard InChI is InChI=1S/C13H21N5O3/c1-13(2,3)21-12(20)16-8-4-7-15-10-6-5-9(11(14)19)17-18-10/h5-6H,4,7-8H2,1-3H3,(H2,14,19)(H,15,18)(H,16,20). The molecule has 0 saturated heterocycles. The second-order valence-electron chi connectivity index (χ2n) is 5.38. The summed E-state index contributed by atoms with van der Waals surface area (Å²) in [6.45, 7) is 6.50. The summed E-state index contributed by atoms with van der Waals surface area (Å²) in [5, 5.41) is 13.1. The molecule has 0 aliphatic rings. The van der Waals surface area contributed by atoms with Gasteiger partial charge in [-0.2, -0.15) is 0 Å². The summed E-state index contributed by atoms with van der Waals surface area (Å²) in [5.41, 5.74) is 4.68. The van der Waals surface area contributed by atoms with Gasteiger partial charge in [-0.3, -0.25) is 4.79 Å². The van der Waals surface area contributed by atoms with Gasteiger partial charge in [-0.15, -0.1) is 10.2 Å². The first kappa shape index (κ1) is 16.7. The van der Waals surface area contributed by atoms with Gasteiger partial charge < -0.3 is 21.1 Å². The molecule has 0 bridgehead atoms. The number of ether oxygens (including phenoxy) is 1. The van der Waals surface area contributed by atoms with Crippen molar-refractivity contribution in [3.8, 4) is 0 Å². The molecule has 116 valence electrons. The number of nitrogens with two attached hydrogens (primary N) is 1. The second kappa shape index (κ2) is 7.41. The van der Waals surface area contributed by atoms with E-state index < -0.39 is 17.6 Å². The third-order valence-electron chi connectivity index (χ3n) is 2.24. The zero-order valence-corrected chi connectivity index (χ0v) is 12.5. The van der Waals surface area contributed by atoms with Crippen molar-refractivity contribution in [1.29, 1.82) is 0 Å². The summed E-state index contributed by atoms with van der Waals surface area (Å²) in [7, 11) is 0. The normalized spacial score (nSPS) is 10.8. The predicted molar refractivity (Wildman–Crippen MR) is 77.9 cm³/mol. The molecular weight excluding hydrogens is 274 g/mol. The van der Waals surface area contributed by atoms with E-state index in [1.54, 1.807) is 6.07 Å². The van der Waals surface area contributed by atoms with Crippen LogP contribution >= 0.6 is 0 Å². The minimum absolute atomic E-state index is 0.118. The maximum Gasteiger partial charge on any atom is 0.407 e. The van der Waals surface area contributed by atoms with Gasteiger partial charge in [0.2, 0.25) is 0 Å². The Kier molecular flexibility index (Phi) is 5.89.